The fraction of sp³-hybridized carbons (Fsp3) is 0.941. The third-order valence-electron chi connectivity index (χ3n) is 5.18. The lowest BCUT2D eigenvalue weighted by Gasteiger charge is -2.46. The minimum atomic E-state index is -0.408. The van der Waals surface area contributed by atoms with Gasteiger partial charge in [0.05, 0.1) is 0 Å². The van der Waals surface area contributed by atoms with Gasteiger partial charge in [-0.3, -0.25) is 0 Å². The number of amides is 1. The lowest BCUT2D eigenvalue weighted by atomic mass is 9.65. The highest BCUT2D eigenvalue weighted by atomic mass is 16.6. The molecule has 1 aliphatic heterocycles. The second-order valence-corrected chi connectivity index (χ2v) is 7.92. The summed E-state index contributed by atoms with van der Waals surface area (Å²) < 4.78 is 5.46. The Balaban J connectivity index is 1.79. The summed E-state index contributed by atoms with van der Waals surface area (Å²) in [5, 5.41) is 9.05. The highest BCUT2D eigenvalue weighted by Crippen LogP contribution is 2.47. The molecular formula is C17H31NO3. The van der Waals surface area contributed by atoms with E-state index in [9.17, 15) is 4.79 Å². The smallest absolute Gasteiger partial charge is 0.410 e. The van der Waals surface area contributed by atoms with E-state index in [4.69, 9.17) is 9.84 Å². The Hall–Kier alpha value is -0.770. The van der Waals surface area contributed by atoms with Gasteiger partial charge in [-0.1, -0.05) is 0 Å². The molecule has 4 heteroatoms. The zero-order chi connectivity index (χ0) is 15.5. The average molecular weight is 297 g/mol. The van der Waals surface area contributed by atoms with Crippen LogP contribution in [0.5, 0.6) is 0 Å². The molecule has 122 valence electrons. The second-order valence-electron chi connectivity index (χ2n) is 7.92. The largest absolute Gasteiger partial charge is 0.444 e. The maximum Gasteiger partial charge on any atom is 0.410 e. The molecule has 1 spiro atoms. The van der Waals surface area contributed by atoms with Crippen LogP contribution < -0.4 is 0 Å². The Morgan fingerprint density at radius 3 is 2.24 bits per heavy atom. The van der Waals surface area contributed by atoms with E-state index in [-0.39, 0.29) is 6.09 Å². The van der Waals surface area contributed by atoms with Crippen molar-refractivity contribution in [3.8, 4) is 0 Å². The van der Waals surface area contributed by atoms with Gasteiger partial charge in [-0.25, -0.2) is 4.79 Å². The first-order valence-corrected chi connectivity index (χ1v) is 8.42. The van der Waals surface area contributed by atoms with Crippen LogP contribution in [-0.2, 0) is 4.74 Å². The molecule has 0 bridgehead atoms. The van der Waals surface area contributed by atoms with E-state index in [0.29, 0.717) is 17.9 Å². The zero-order valence-corrected chi connectivity index (χ0v) is 13.9. The van der Waals surface area contributed by atoms with Gasteiger partial charge in [0.25, 0.3) is 0 Å². The summed E-state index contributed by atoms with van der Waals surface area (Å²) in [6.07, 6.45) is 8.03. The first kappa shape index (κ1) is 16.6. The average Bonchev–Trinajstić information content (AvgIpc) is 2.41. The Morgan fingerprint density at radius 1 is 1.19 bits per heavy atom. The molecule has 2 fully saturated rings. The van der Waals surface area contributed by atoms with Crippen LogP contribution in [0.2, 0.25) is 0 Å². The molecule has 1 amide bonds. The van der Waals surface area contributed by atoms with E-state index in [2.05, 4.69) is 0 Å². The summed E-state index contributed by atoms with van der Waals surface area (Å²) in [6, 6.07) is 0. The molecule has 1 saturated carbocycles. The number of carbonyl (C=O) groups is 1. The Labute approximate surface area is 128 Å². The predicted molar refractivity (Wildman–Crippen MR) is 83.1 cm³/mol. The van der Waals surface area contributed by atoms with Crippen LogP contribution in [0.15, 0.2) is 0 Å². The van der Waals surface area contributed by atoms with Crippen molar-refractivity contribution in [1.29, 1.82) is 0 Å². The lowest BCUT2D eigenvalue weighted by Crippen LogP contribution is -2.46. The third kappa shape index (κ3) is 4.60. The molecule has 2 rings (SSSR count). The van der Waals surface area contributed by atoms with E-state index in [1.807, 2.05) is 25.7 Å². The van der Waals surface area contributed by atoms with Gasteiger partial charge in [0.15, 0.2) is 0 Å². The van der Waals surface area contributed by atoms with Gasteiger partial charge in [-0.15, -0.1) is 0 Å². The lowest BCUT2D eigenvalue weighted by molar-refractivity contribution is 0.000575. The number of piperidine rings is 1. The molecule has 0 unspecified atom stereocenters. The van der Waals surface area contributed by atoms with Gasteiger partial charge in [-0.2, -0.15) is 0 Å². The first-order chi connectivity index (χ1) is 9.84. The standard InChI is InChI=1S/C17H31NO3/c1-16(2,3)21-15(20)18-11-9-17(10-12-18)7-4-14(5-8-17)6-13-19/h14,19H,4-13H2,1-3H3. The van der Waals surface area contributed by atoms with Gasteiger partial charge < -0.3 is 14.7 Å². The number of carbonyl (C=O) groups excluding carboxylic acids is 1. The molecule has 1 saturated heterocycles. The third-order valence-corrected chi connectivity index (χ3v) is 5.18. The van der Waals surface area contributed by atoms with Crippen molar-refractivity contribution in [2.24, 2.45) is 11.3 Å². The summed E-state index contributed by atoms with van der Waals surface area (Å²) in [7, 11) is 0. The molecular weight excluding hydrogens is 266 g/mol. The van der Waals surface area contributed by atoms with Gasteiger partial charge >= 0.3 is 6.09 Å². The number of nitrogens with zero attached hydrogens (tertiary/aromatic N) is 1. The molecule has 1 N–H and O–H groups in total. The van der Waals surface area contributed by atoms with Crippen molar-refractivity contribution in [3.05, 3.63) is 0 Å². The quantitative estimate of drug-likeness (QED) is 0.847. The zero-order valence-electron chi connectivity index (χ0n) is 13.9. The van der Waals surface area contributed by atoms with Crippen LogP contribution in [-0.4, -0.2) is 41.4 Å². The summed E-state index contributed by atoms with van der Waals surface area (Å²) in [5.74, 6) is 0.713. The highest BCUT2D eigenvalue weighted by molar-refractivity contribution is 5.68. The van der Waals surface area contributed by atoms with Crippen molar-refractivity contribution in [2.75, 3.05) is 19.7 Å². The molecule has 0 aromatic heterocycles. The maximum atomic E-state index is 12.1. The molecule has 1 heterocycles. The number of aliphatic hydroxyl groups is 1. The van der Waals surface area contributed by atoms with Gasteiger partial charge in [0, 0.05) is 19.7 Å². The monoisotopic (exact) mass is 297 g/mol. The number of ether oxygens (including phenoxy) is 1. The highest BCUT2D eigenvalue weighted by Gasteiger charge is 2.39. The van der Waals surface area contributed by atoms with Crippen LogP contribution in [0, 0.1) is 11.3 Å². The van der Waals surface area contributed by atoms with Crippen LogP contribution in [0.3, 0.4) is 0 Å². The Morgan fingerprint density at radius 2 is 1.76 bits per heavy atom. The summed E-state index contributed by atoms with van der Waals surface area (Å²) in [4.78, 5) is 14.0. The number of rotatable bonds is 2. The second kappa shape index (κ2) is 6.55. The van der Waals surface area contributed by atoms with Crippen LogP contribution >= 0.6 is 0 Å². The molecule has 4 nitrogen and oxygen atoms in total. The van der Waals surface area contributed by atoms with E-state index in [1.54, 1.807) is 0 Å². The minimum Gasteiger partial charge on any atom is -0.444 e. The molecule has 0 aromatic carbocycles. The van der Waals surface area contributed by atoms with Crippen molar-refractivity contribution in [2.45, 2.75) is 71.3 Å². The molecule has 21 heavy (non-hydrogen) atoms. The normalized spacial score (nSPS) is 23.3. The fourth-order valence-corrected chi connectivity index (χ4v) is 3.75. The summed E-state index contributed by atoms with van der Waals surface area (Å²) >= 11 is 0. The molecule has 1 aliphatic carbocycles. The van der Waals surface area contributed by atoms with E-state index in [1.165, 1.54) is 25.7 Å². The Bertz CT molecular complexity index is 344. The van der Waals surface area contributed by atoms with Crippen LogP contribution in [0.25, 0.3) is 0 Å². The topological polar surface area (TPSA) is 49.8 Å². The molecule has 2 aliphatic rings. The minimum absolute atomic E-state index is 0.161. The predicted octanol–water partition coefficient (Wildman–Crippen LogP) is 3.58. The number of hydrogen-bond donors (Lipinski definition) is 1. The number of hydrogen-bond acceptors (Lipinski definition) is 3. The van der Waals surface area contributed by atoms with E-state index in [0.717, 1.165) is 32.4 Å². The van der Waals surface area contributed by atoms with Crippen LogP contribution in [0.4, 0.5) is 4.79 Å². The SMILES string of the molecule is CC(C)(C)OC(=O)N1CCC2(CCC(CCO)CC2)CC1. The van der Waals surface area contributed by atoms with Crippen LogP contribution in [0.1, 0.15) is 65.7 Å². The molecule has 0 aromatic rings. The van der Waals surface area contributed by atoms with Crippen molar-refractivity contribution in [3.63, 3.8) is 0 Å². The summed E-state index contributed by atoms with van der Waals surface area (Å²) in [5.41, 5.74) is 0.0407. The number of likely N-dealkylation sites (tertiary alicyclic amines) is 1. The molecule has 0 atom stereocenters. The van der Waals surface area contributed by atoms with Crippen molar-refractivity contribution in [1.82, 2.24) is 4.90 Å². The van der Waals surface area contributed by atoms with Crippen molar-refractivity contribution >= 4 is 6.09 Å². The number of aliphatic hydroxyl groups excluding tert-OH is 1. The molecule has 0 radical (unpaired) electrons. The first-order valence-electron chi connectivity index (χ1n) is 8.42. The Kier molecular flexibility index (Phi) is 5.18. The maximum absolute atomic E-state index is 12.1. The van der Waals surface area contributed by atoms with Gasteiger partial charge in [0.1, 0.15) is 5.60 Å². The summed E-state index contributed by atoms with van der Waals surface area (Å²) in [6.45, 7) is 7.74. The van der Waals surface area contributed by atoms with Crippen molar-refractivity contribution < 1.29 is 14.6 Å². The van der Waals surface area contributed by atoms with Gasteiger partial charge in [0.2, 0.25) is 0 Å². The van der Waals surface area contributed by atoms with E-state index < -0.39 is 5.60 Å². The fourth-order valence-electron chi connectivity index (χ4n) is 3.75. The van der Waals surface area contributed by atoms with E-state index >= 15 is 0 Å². The van der Waals surface area contributed by atoms with Gasteiger partial charge in [-0.05, 0) is 77.0 Å².